The number of amides is 2. The highest BCUT2D eigenvalue weighted by Gasteiger charge is 2.16. The Hall–Kier alpha value is -2.82. The Morgan fingerprint density at radius 2 is 1.68 bits per heavy atom. The third-order valence-corrected chi connectivity index (χ3v) is 3.73. The minimum atomic E-state index is -0.221. The molecule has 0 bridgehead atoms. The van der Waals surface area contributed by atoms with E-state index >= 15 is 0 Å². The molecule has 0 atom stereocenters. The first-order valence-corrected chi connectivity index (χ1v) is 8.29. The molecule has 2 rings (SSSR count). The molecule has 2 aromatic carbocycles. The largest absolute Gasteiger partial charge is 0.489 e. The summed E-state index contributed by atoms with van der Waals surface area (Å²) in [5.74, 6) is 0.394. The van der Waals surface area contributed by atoms with Gasteiger partial charge < -0.3 is 15.0 Å². The molecule has 0 aliphatic rings. The molecule has 0 spiro atoms. The number of hydrogen-bond acceptors (Lipinski definition) is 3. The highest BCUT2D eigenvalue weighted by Crippen LogP contribution is 2.17. The molecule has 0 aromatic heterocycles. The lowest BCUT2D eigenvalue weighted by Gasteiger charge is -2.24. The van der Waals surface area contributed by atoms with Crippen molar-refractivity contribution in [1.29, 1.82) is 0 Å². The van der Waals surface area contributed by atoms with Gasteiger partial charge in [0.05, 0.1) is 0 Å². The standard InChI is InChI=1S/C20H24N2O3/c1-15(2)22(16(3)23)13-20(24)21-18-9-11-19(12-10-18)25-14-17-7-5-4-6-8-17/h4-12,15H,13-14H2,1-3H3,(H,21,24). The van der Waals surface area contributed by atoms with E-state index in [4.69, 9.17) is 4.74 Å². The number of hydrogen-bond donors (Lipinski definition) is 1. The third kappa shape index (κ3) is 5.95. The number of nitrogens with one attached hydrogen (secondary N) is 1. The lowest BCUT2D eigenvalue weighted by Crippen LogP contribution is -2.41. The zero-order chi connectivity index (χ0) is 18.2. The molecule has 5 nitrogen and oxygen atoms in total. The van der Waals surface area contributed by atoms with Gasteiger partial charge in [0.1, 0.15) is 18.9 Å². The van der Waals surface area contributed by atoms with Crippen LogP contribution in [0.4, 0.5) is 5.69 Å². The van der Waals surface area contributed by atoms with Crippen molar-refractivity contribution >= 4 is 17.5 Å². The van der Waals surface area contributed by atoms with Gasteiger partial charge in [0, 0.05) is 18.7 Å². The van der Waals surface area contributed by atoms with Crippen LogP contribution in [0.5, 0.6) is 5.75 Å². The van der Waals surface area contributed by atoms with Crippen molar-refractivity contribution in [3.8, 4) is 5.75 Å². The first-order chi connectivity index (χ1) is 12.0. The van der Waals surface area contributed by atoms with E-state index in [0.29, 0.717) is 12.3 Å². The maximum Gasteiger partial charge on any atom is 0.244 e. The highest BCUT2D eigenvalue weighted by molar-refractivity contribution is 5.94. The summed E-state index contributed by atoms with van der Waals surface area (Å²) in [5, 5.41) is 2.79. The van der Waals surface area contributed by atoms with Crippen molar-refractivity contribution in [1.82, 2.24) is 4.90 Å². The molecule has 25 heavy (non-hydrogen) atoms. The normalized spacial score (nSPS) is 10.4. The summed E-state index contributed by atoms with van der Waals surface area (Å²) in [6.07, 6.45) is 0. The van der Waals surface area contributed by atoms with E-state index in [9.17, 15) is 9.59 Å². The molecule has 0 radical (unpaired) electrons. The molecule has 1 N–H and O–H groups in total. The van der Waals surface area contributed by atoms with Gasteiger partial charge in [-0.25, -0.2) is 0 Å². The summed E-state index contributed by atoms with van der Waals surface area (Å²) in [5.41, 5.74) is 1.77. The Kier molecular flexibility index (Phi) is 6.57. The summed E-state index contributed by atoms with van der Waals surface area (Å²) in [6, 6.07) is 17.1. The zero-order valence-corrected chi connectivity index (χ0v) is 14.9. The van der Waals surface area contributed by atoms with E-state index < -0.39 is 0 Å². The summed E-state index contributed by atoms with van der Waals surface area (Å²) >= 11 is 0. The summed E-state index contributed by atoms with van der Waals surface area (Å²) in [7, 11) is 0. The van der Waals surface area contributed by atoms with Gasteiger partial charge in [0.15, 0.2) is 0 Å². The van der Waals surface area contributed by atoms with Crippen LogP contribution in [0.25, 0.3) is 0 Å². The van der Waals surface area contributed by atoms with Crippen molar-refractivity contribution in [2.24, 2.45) is 0 Å². The molecular weight excluding hydrogens is 316 g/mol. The van der Waals surface area contributed by atoms with Crippen LogP contribution in [0.3, 0.4) is 0 Å². The van der Waals surface area contributed by atoms with Crippen LogP contribution in [0.2, 0.25) is 0 Å². The summed E-state index contributed by atoms with van der Waals surface area (Å²) in [6.45, 7) is 5.76. The molecule has 2 amide bonds. The number of rotatable bonds is 7. The van der Waals surface area contributed by atoms with Crippen molar-refractivity contribution in [2.75, 3.05) is 11.9 Å². The number of ether oxygens (including phenoxy) is 1. The number of benzene rings is 2. The first kappa shape index (κ1) is 18.5. The molecule has 0 heterocycles. The van der Waals surface area contributed by atoms with Crippen LogP contribution in [0.15, 0.2) is 54.6 Å². The molecule has 132 valence electrons. The molecule has 0 unspecified atom stereocenters. The molecule has 0 saturated carbocycles. The third-order valence-electron chi connectivity index (χ3n) is 3.73. The average molecular weight is 340 g/mol. The Morgan fingerprint density at radius 1 is 1.04 bits per heavy atom. The maximum absolute atomic E-state index is 12.1. The van der Waals surface area contributed by atoms with Gasteiger partial charge in [-0.15, -0.1) is 0 Å². The van der Waals surface area contributed by atoms with E-state index in [1.54, 1.807) is 12.1 Å². The van der Waals surface area contributed by atoms with Gasteiger partial charge in [0.25, 0.3) is 0 Å². The lowest BCUT2D eigenvalue weighted by molar-refractivity contribution is -0.134. The van der Waals surface area contributed by atoms with E-state index in [1.807, 2.05) is 56.3 Å². The van der Waals surface area contributed by atoms with Crippen LogP contribution in [-0.2, 0) is 16.2 Å². The number of carbonyl (C=O) groups excluding carboxylic acids is 2. The van der Waals surface area contributed by atoms with Gasteiger partial charge in [-0.3, -0.25) is 9.59 Å². The van der Waals surface area contributed by atoms with Crippen molar-refractivity contribution < 1.29 is 14.3 Å². The Morgan fingerprint density at radius 3 is 2.24 bits per heavy atom. The molecule has 0 saturated heterocycles. The van der Waals surface area contributed by atoms with Gasteiger partial charge in [-0.2, -0.15) is 0 Å². The smallest absolute Gasteiger partial charge is 0.244 e. The molecule has 0 aliphatic heterocycles. The fourth-order valence-electron chi connectivity index (χ4n) is 2.39. The van der Waals surface area contributed by atoms with Crippen LogP contribution in [0.1, 0.15) is 26.3 Å². The fourth-order valence-corrected chi connectivity index (χ4v) is 2.39. The van der Waals surface area contributed by atoms with Gasteiger partial charge in [0.2, 0.25) is 11.8 Å². The van der Waals surface area contributed by atoms with E-state index in [-0.39, 0.29) is 24.4 Å². The zero-order valence-electron chi connectivity index (χ0n) is 14.9. The average Bonchev–Trinajstić information content (AvgIpc) is 2.59. The fraction of sp³-hybridized carbons (Fsp3) is 0.300. The second-order valence-corrected chi connectivity index (χ2v) is 6.09. The summed E-state index contributed by atoms with van der Waals surface area (Å²) in [4.78, 5) is 25.1. The van der Waals surface area contributed by atoms with Crippen LogP contribution < -0.4 is 10.1 Å². The number of nitrogens with zero attached hydrogens (tertiary/aromatic N) is 1. The van der Waals surface area contributed by atoms with E-state index in [0.717, 1.165) is 11.3 Å². The molecule has 2 aromatic rings. The molecular formula is C20H24N2O3. The highest BCUT2D eigenvalue weighted by atomic mass is 16.5. The second kappa shape index (κ2) is 8.87. The number of carbonyl (C=O) groups is 2. The minimum absolute atomic E-state index is 0.0167. The number of anilines is 1. The Bertz CT molecular complexity index is 697. The summed E-state index contributed by atoms with van der Waals surface area (Å²) < 4.78 is 5.71. The predicted octanol–water partition coefficient (Wildman–Crippen LogP) is 3.46. The lowest BCUT2D eigenvalue weighted by atomic mass is 10.2. The molecule has 0 aliphatic carbocycles. The van der Waals surface area contributed by atoms with Gasteiger partial charge in [-0.05, 0) is 43.7 Å². The van der Waals surface area contributed by atoms with Crippen molar-refractivity contribution in [2.45, 2.75) is 33.4 Å². The quantitative estimate of drug-likeness (QED) is 0.840. The minimum Gasteiger partial charge on any atom is -0.489 e. The van der Waals surface area contributed by atoms with Crippen LogP contribution >= 0.6 is 0 Å². The van der Waals surface area contributed by atoms with Crippen molar-refractivity contribution in [3.05, 3.63) is 60.2 Å². The second-order valence-electron chi connectivity index (χ2n) is 6.09. The topological polar surface area (TPSA) is 58.6 Å². The van der Waals surface area contributed by atoms with Crippen molar-refractivity contribution in [3.63, 3.8) is 0 Å². The van der Waals surface area contributed by atoms with E-state index in [1.165, 1.54) is 11.8 Å². The van der Waals surface area contributed by atoms with E-state index in [2.05, 4.69) is 5.32 Å². The molecule has 0 fully saturated rings. The van der Waals surface area contributed by atoms with Crippen LogP contribution in [0, 0.1) is 0 Å². The monoisotopic (exact) mass is 340 g/mol. The maximum atomic E-state index is 12.1. The first-order valence-electron chi connectivity index (χ1n) is 8.29. The van der Waals surface area contributed by atoms with Gasteiger partial charge in [-0.1, -0.05) is 30.3 Å². The molecule has 5 heteroatoms. The predicted molar refractivity (Wildman–Crippen MR) is 98.4 cm³/mol. The SMILES string of the molecule is CC(=O)N(CC(=O)Nc1ccc(OCc2ccccc2)cc1)C(C)C. The van der Waals surface area contributed by atoms with Gasteiger partial charge >= 0.3 is 0 Å². The Balaban J connectivity index is 1.87. The van der Waals surface area contributed by atoms with Crippen LogP contribution in [-0.4, -0.2) is 29.3 Å². The Labute approximate surface area is 148 Å².